The molecular formula is C16H14N2O3. The Morgan fingerprint density at radius 2 is 1.62 bits per heavy atom. The van der Waals surface area contributed by atoms with Gasteiger partial charge in [-0.25, -0.2) is 0 Å². The zero-order valence-corrected chi connectivity index (χ0v) is 11.2. The monoisotopic (exact) mass is 282 g/mol. The second kappa shape index (κ2) is 4.28. The number of carbonyl (C=O) groups excluding carboxylic acids is 2. The van der Waals surface area contributed by atoms with Crippen LogP contribution in [0.1, 0.15) is 12.0 Å². The summed E-state index contributed by atoms with van der Waals surface area (Å²) in [5.41, 5.74) is 0.728. The van der Waals surface area contributed by atoms with Gasteiger partial charge in [0.2, 0.25) is 0 Å². The summed E-state index contributed by atoms with van der Waals surface area (Å²) in [5.74, 6) is -0.240. The van der Waals surface area contributed by atoms with Crippen molar-refractivity contribution in [1.82, 2.24) is 5.01 Å². The lowest BCUT2D eigenvalue weighted by Gasteiger charge is -2.13. The Morgan fingerprint density at radius 1 is 1.05 bits per heavy atom. The molecule has 106 valence electrons. The Hall–Kier alpha value is -2.43. The van der Waals surface area contributed by atoms with Crippen LogP contribution in [0.4, 0.5) is 0 Å². The lowest BCUT2D eigenvalue weighted by atomic mass is 9.85. The summed E-state index contributed by atoms with van der Waals surface area (Å²) in [5, 5.41) is 14.3. The Bertz CT molecular complexity index is 647. The minimum atomic E-state index is -0.218. The first kappa shape index (κ1) is 12.3. The summed E-state index contributed by atoms with van der Waals surface area (Å²) >= 11 is 0. The van der Waals surface area contributed by atoms with Crippen LogP contribution in [-0.4, -0.2) is 28.1 Å². The fraction of sp³-hybridized carbons (Fsp3) is 0.312. The molecule has 5 nitrogen and oxygen atoms in total. The van der Waals surface area contributed by atoms with Gasteiger partial charge in [-0.05, 0) is 48.1 Å². The van der Waals surface area contributed by atoms with Crippen molar-refractivity contribution in [3.05, 3.63) is 42.0 Å². The van der Waals surface area contributed by atoms with Crippen LogP contribution in [-0.2, 0) is 9.59 Å². The fourth-order valence-electron chi connectivity index (χ4n) is 3.69. The van der Waals surface area contributed by atoms with Crippen LogP contribution in [0.15, 0.2) is 41.5 Å². The van der Waals surface area contributed by atoms with Crippen molar-refractivity contribution in [2.24, 2.45) is 28.8 Å². The van der Waals surface area contributed by atoms with Gasteiger partial charge in [-0.3, -0.25) is 9.59 Å². The molecule has 4 atom stereocenters. The molecule has 1 saturated heterocycles. The van der Waals surface area contributed by atoms with Gasteiger partial charge in [-0.2, -0.15) is 10.1 Å². The molecule has 2 aliphatic carbocycles. The molecule has 0 radical (unpaired) electrons. The zero-order chi connectivity index (χ0) is 14.6. The topological polar surface area (TPSA) is 70.0 Å². The molecule has 1 saturated carbocycles. The number of phenolic OH excluding ortho intramolecular Hbond substituents is 1. The minimum Gasteiger partial charge on any atom is -0.508 e. The molecule has 5 heteroatoms. The minimum absolute atomic E-state index is 0.164. The molecule has 1 N–H and O–H groups in total. The Morgan fingerprint density at radius 3 is 2.19 bits per heavy atom. The number of carbonyl (C=O) groups is 2. The van der Waals surface area contributed by atoms with E-state index in [-0.39, 0.29) is 41.2 Å². The Labute approximate surface area is 121 Å². The average Bonchev–Trinajstić information content (AvgIpc) is 3.14. The Balaban J connectivity index is 1.58. The summed E-state index contributed by atoms with van der Waals surface area (Å²) < 4.78 is 0. The second-order valence-electron chi connectivity index (χ2n) is 5.82. The van der Waals surface area contributed by atoms with Gasteiger partial charge in [0.1, 0.15) is 5.75 Å². The standard InChI is InChI=1S/C16H14N2O3/c19-12-5-1-9(2-6-12)8-17-18-15(20)13-10-3-4-11(7-10)14(13)16(18)21/h1-6,8,10-11,13-14,19H,7H2/t10-,11-,13-,14-/m0/s1. The van der Waals surface area contributed by atoms with Crippen LogP contribution in [0.25, 0.3) is 0 Å². The SMILES string of the molecule is O=C1[C@@H]2[C@@H](C(=O)N1N=Cc1ccc(O)cc1)[C@H]1C=C[C@H]2C1. The molecule has 0 unspecified atom stereocenters. The van der Waals surface area contributed by atoms with Gasteiger partial charge in [0.25, 0.3) is 11.8 Å². The van der Waals surface area contributed by atoms with Crippen molar-refractivity contribution in [2.45, 2.75) is 6.42 Å². The maximum atomic E-state index is 12.4. The van der Waals surface area contributed by atoms with E-state index >= 15 is 0 Å². The number of amides is 2. The maximum Gasteiger partial charge on any atom is 0.254 e. The predicted octanol–water partition coefficient (Wildman–Crippen LogP) is 1.53. The molecule has 1 heterocycles. The molecule has 2 amide bonds. The number of imide groups is 1. The van der Waals surface area contributed by atoms with E-state index in [4.69, 9.17) is 0 Å². The van der Waals surface area contributed by atoms with Crippen LogP contribution < -0.4 is 0 Å². The third-order valence-corrected chi connectivity index (χ3v) is 4.66. The summed E-state index contributed by atoms with van der Waals surface area (Å²) in [4.78, 5) is 24.8. The van der Waals surface area contributed by atoms with Gasteiger partial charge in [-0.15, -0.1) is 0 Å². The van der Waals surface area contributed by atoms with E-state index in [1.165, 1.54) is 18.3 Å². The lowest BCUT2D eigenvalue weighted by molar-refractivity contribution is -0.140. The van der Waals surface area contributed by atoms with Crippen LogP contribution in [0.3, 0.4) is 0 Å². The van der Waals surface area contributed by atoms with Crippen molar-refractivity contribution in [3.63, 3.8) is 0 Å². The summed E-state index contributed by atoms with van der Waals surface area (Å²) in [6.07, 6.45) is 6.52. The zero-order valence-electron chi connectivity index (χ0n) is 11.2. The predicted molar refractivity (Wildman–Crippen MR) is 75.3 cm³/mol. The van der Waals surface area contributed by atoms with E-state index in [9.17, 15) is 14.7 Å². The first-order valence-electron chi connectivity index (χ1n) is 7.04. The van der Waals surface area contributed by atoms with Crippen molar-refractivity contribution in [3.8, 4) is 5.75 Å². The molecule has 2 bridgehead atoms. The Kier molecular flexibility index (Phi) is 2.51. The van der Waals surface area contributed by atoms with Gasteiger partial charge in [0.05, 0.1) is 18.1 Å². The van der Waals surface area contributed by atoms with E-state index in [0.29, 0.717) is 0 Å². The number of aromatic hydroxyl groups is 1. The lowest BCUT2D eigenvalue weighted by Crippen LogP contribution is -2.28. The van der Waals surface area contributed by atoms with Gasteiger partial charge >= 0.3 is 0 Å². The molecule has 21 heavy (non-hydrogen) atoms. The molecule has 1 aliphatic heterocycles. The summed E-state index contributed by atoms with van der Waals surface area (Å²) in [7, 11) is 0. The summed E-state index contributed by atoms with van der Waals surface area (Å²) in [6.45, 7) is 0. The summed E-state index contributed by atoms with van der Waals surface area (Å²) in [6, 6.07) is 6.42. The number of fused-ring (bicyclic) bond motifs is 5. The van der Waals surface area contributed by atoms with Crippen molar-refractivity contribution in [2.75, 3.05) is 0 Å². The number of phenols is 1. The number of hydrogen-bond acceptors (Lipinski definition) is 4. The number of rotatable bonds is 2. The van der Waals surface area contributed by atoms with Crippen molar-refractivity contribution < 1.29 is 14.7 Å². The quantitative estimate of drug-likeness (QED) is 0.508. The van der Waals surface area contributed by atoms with E-state index < -0.39 is 0 Å². The highest BCUT2D eigenvalue weighted by Crippen LogP contribution is 2.52. The largest absolute Gasteiger partial charge is 0.508 e. The van der Waals surface area contributed by atoms with E-state index in [1.54, 1.807) is 12.1 Å². The highest BCUT2D eigenvalue weighted by molar-refractivity contribution is 6.06. The molecule has 2 fully saturated rings. The number of hydrazone groups is 1. The third kappa shape index (κ3) is 1.73. The normalized spacial score (nSPS) is 33.4. The van der Waals surface area contributed by atoms with Crippen LogP contribution in [0.2, 0.25) is 0 Å². The maximum absolute atomic E-state index is 12.4. The molecule has 0 aromatic heterocycles. The fourth-order valence-corrected chi connectivity index (χ4v) is 3.69. The number of nitrogens with zero attached hydrogens (tertiary/aromatic N) is 2. The average molecular weight is 282 g/mol. The smallest absolute Gasteiger partial charge is 0.254 e. The van der Waals surface area contributed by atoms with Crippen LogP contribution in [0, 0.1) is 23.7 Å². The van der Waals surface area contributed by atoms with E-state index in [2.05, 4.69) is 17.3 Å². The molecule has 1 aromatic carbocycles. The van der Waals surface area contributed by atoms with Gasteiger partial charge in [0, 0.05) is 0 Å². The van der Waals surface area contributed by atoms with Gasteiger partial charge < -0.3 is 5.11 Å². The molecule has 3 aliphatic rings. The van der Waals surface area contributed by atoms with Crippen LogP contribution in [0.5, 0.6) is 5.75 Å². The highest BCUT2D eigenvalue weighted by atomic mass is 16.3. The van der Waals surface area contributed by atoms with Crippen molar-refractivity contribution >= 4 is 18.0 Å². The molecule has 1 aromatic rings. The number of hydrogen-bond donors (Lipinski definition) is 1. The number of benzene rings is 1. The van der Waals surface area contributed by atoms with Crippen LogP contribution >= 0.6 is 0 Å². The van der Waals surface area contributed by atoms with Gasteiger partial charge in [-0.1, -0.05) is 12.2 Å². The van der Waals surface area contributed by atoms with E-state index in [1.807, 2.05) is 0 Å². The molecule has 4 rings (SSSR count). The first-order chi connectivity index (χ1) is 10.1. The van der Waals surface area contributed by atoms with E-state index in [0.717, 1.165) is 17.0 Å². The third-order valence-electron chi connectivity index (χ3n) is 4.66. The first-order valence-corrected chi connectivity index (χ1v) is 7.04. The molecular weight excluding hydrogens is 268 g/mol. The highest BCUT2D eigenvalue weighted by Gasteiger charge is 2.59. The van der Waals surface area contributed by atoms with Gasteiger partial charge in [0.15, 0.2) is 0 Å². The van der Waals surface area contributed by atoms with Crippen molar-refractivity contribution in [1.29, 1.82) is 0 Å². The second-order valence-corrected chi connectivity index (χ2v) is 5.82. The number of allylic oxidation sites excluding steroid dienone is 2. The molecule has 0 spiro atoms.